The van der Waals surface area contributed by atoms with Crippen LogP contribution in [-0.2, 0) is 0 Å². The Kier molecular flexibility index (Phi) is 4.12. The molecule has 1 saturated carbocycles. The van der Waals surface area contributed by atoms with Crippen molar-refractivity contribution in [1.29, 1.82) is 0 Å². The Balaban J connectivity index is 2.22. The molecule has 1 aromatic rings. The van der Waals surface area contributed by atoms with Crippen LogP contribution in [0.3, 0.4) is 0 Å². The molecule has 0 aliphatic heterocycles. The van der Waals surface area contributed by atoms with Crippen molar-refractivity contribution in [3.63, 3.8) is 0 Å². The molecule has 18 heavy (non-hydrogen) atoms. The molecule has 1 aliphatic rings. The van der Waals surface area contributed by atoms with Crippen LogP contribution in [-0.4, -0.2) is 17.2 Å². The SMILES string of the molecule is Cc1c(Cl)cc(C(=O)O)cc1OC1CCCCC1. The molecule has 4 heteroatoms. The van der Waals surface area contributed by atoms with Crippen LogP contribution >= 0.6 is 11.6 Å². The van der Waals surface area contributed by atoms with E-state index in [0.29, 0.717) is 10.8 Å². The van der Waals surface area contributed by atoms with E-state index in [2.05, 4.69) is 0 Å². The number of hydrogen-bond acceptors (Lipinski definition) is 2. The van der Waals surface area contributed by atoms with Crippen molar-refractivity contribution in [2.24, 2.45) is 0 Å². The fourth-order valence-electron chi connectivity index (χ4n) is 2.26. The van der Waals surface area contributed by atoms with Gasteiger partial charge in [-0.25, -0.2) is 4.79 Å². The number of carboxylic acid groups (broad SMARTS) is 1. The zero-order chi connectivity index (χ0) is 13.1. The predicted octanol–water partition coefficient (Wildman–Crippen LogP) is 4.06. The maximum absolute atomic E-state index is 11.0. The van der Waals surface area contributed by atoms with Gasteiger partial charge in [0.05, 0.1) is 11.7 Å². The van der Waals surface area contributed by atoms with E-state index in [1.54, 1.807) is 6.07 Å². The molecule has 3 nitrogen and oxygen atoms in total. The Morgan fingerprint density at radius 2 is 2.00 bits per heavy atom. The number of carboxylic acids is 1. The zero-order valence-corrected chi connectivity index (χ0v) is 11.2. The molecule has 0 atom stereocenters. The number of hydrogen-bond donors (Lipinski definition) is 1. The summed E-state index contributed by atoms with van der Waals surface area (Å²) in [7, 11) is 0. The fraction of sp³-hybridized carbons (Fsp3) is 0.500. The number of benzene rings is 1. The molecule has 0 aromatic heterocycles. The minimum atomic E-state index is -0.981. The van der Waals surface area contributed by atoms with Crippen molar-refractivity contribution in [3.05, 3.63) is 28.3 Å². The molecular weight excluding hydrogens is 252 g/mol. The third kappa shape index (κ3) is 2.96. The van der Waals surface area contributed by atoms with Gasteiger partial charge in [-0.3, -0.25) is 0 Å². The standard InChI is InChI=1S/C14H17ClO3/c1-9-12(15)7-10(14(16)17)8-13(9)18-11-5-3-2-4-6-11/h7-8,11H,2-6H2,1H3,(H,16,17). The molecule has 1 aromatic carbocycles. The van der Waals surface area contributed by atoms with E-state index >= 15 is 0 Å². The van der Waals surface area contributed by atoms with E-state index in [-0.39, 0.29) is 11.7 Å². The molecule has 2 rings (SSSR count). The number of ether oxygens (including phenoxy) is 1. The molecule has 0 spiro atoms. The third-order valence-corrected chi connectivity index (χ3v) is 3.78. The lowest BCUT2D eigenvalue weighted by molar-refractivity contribution is 0.0695. The number of aromatic carboxylic acids is 1. The minimum Gasteiger partial charge on any atom is -0.490 e. The summed E-state index contributed by atoms with van der Waals surface area (Å²) in [5.41, 5.74) is 0.989. The average molecular weight is 269 g/mol. The van der Waals surface area contributed by atoms with Gasteiger partial charge in [-0.1, -0.05) is 18.0 Å². The lowest BCUT2D eigenvalue weighted by Gasteiger charge is -2.24. The maximum atomic E-state index is 11.0. The second-order valence-electron chi connectivity index (χ2n) is 4.76. The summed E-state index contributed by atoms with van der Waals surface area (Å²) in [5.74, 6) is -0.378. The van der Waals surface area contributed by atoms with Gasteiger partial charge in [0.15, 0.2) is 0 Å². The van der Waals surface area contributed by atoms with E-state index in [0.717, 1.165) is 18.4 Å². The highest BCUT2D eigenvalue weighted by Gasteiger charge is 2.18. The van der Waals surface area contributed by atoms with E-state index in [9.17, 15) is 4.79 Å². The molecular formula is C14H17ClO3. The summed E-state index contributed by atoms with van der Waals surface area (Å²) in [5, 5.41) is 9.46. The Morgan fingerprint density at radius 1 is 1.33 bits per heavy atom. The van der Waals surface area contributed by atoms with Gasteiger partial charge in [-0.15, -0.1) is 0 Å². The third-order valence-electron chi connectivity index (χ3n) is 3.39. The lowest BCUT2D eigenvalue weighted by atomic mass is 9.97. The minimum absolute atomic E-state index is 0.177. The Bertz CT molecular complexity index is 451. The molecule has 1 fully saturated rings. The predicted molar refractivity (Wildman–Crippen MR) is 70.6 cm³/mol. The quantitative estimate of drug-likeness (QED) is 0.899. The van der Waals surface area contributed by atoms with Crippen LogP contribution in [0.2, 0.25) is 5.02 Å². The van der Waals surface area contributed by atoms with Gasteiger partial charge in [0.1, 0.15) is 5.75 Å². The largest absolute Gasteiger partial charge is 0.490 e. The number of carbonyl (C=O) groups is 1. The van der Waals surface area contributed by atoms with Crippen molar-refractivity contribution in [1.82, 2.24) is 0 Å². The van der Waals surface area contributed by atoms with Crippen molar-refractivity contribution in [2.45, 2.75) is 45.1 Å². The van der Waals surface area contributed by atoms with Crippen molar-refractivity contribution >= 4 is 17.6 Å². The van der Waals surface area contributed by atoms with Crippen molar-refractivity contribution in [2.75, 3.05) is 0 Å². The molecule has 0 saturated heterocycles. The molecule has 0 radical (unpaired) electrons. The second-order valence-corrected chi connectivity index (χ2v) is 5.17. The summed E-state index contributed by atoms with van der Waals surface area (Å²) in [4.78, 5) is 11.0. The van der Waals surface area contributed by atoms with Crippen molar-refractivity contribution in [3.8, 4) is 5.75 Å². The molecule has 0 bridgehead atoms. The first-order valence-electron chi connectivity index (χ1n) is 6.28. The van der Waals surface area contributed by atoms with E-state index in [4.69, 9.17) is 21.4 Å². The van der Waals surface area contributed by atoms with Gasteiger partial charge in [-0.2, -0.15) is 0 Å². The first-order chi connectivity index (χ1) is 8.58. The lowest BCUT2D eigenvalue weighted by Crippen LogP contribution is -2.20. The molecule has 0 heterocycles. The topological polar surface area (TPSA) is 46.5 Å². The van der Waals surface area contributed by atoms with E-state index in [1.807, 2.05) is 6.92 Å². The maximum Gasteiger partial charge on any atom is 0.335 e. The van der Waals surface area contributed by atoms with Crippen LogP contribution < -0.4 is 4.74 Å². The highest BCUT2D eigenvalue weighted by Crippen LogP contribution is 2.31. The normalized spacial score (nSPS) is 16.6. The van der Waals surface area contributed by atoms with Crippen LogP contribution in [0.5, 0.6) is 5.75 Å². The average Bonchev–Trinajstić information content (AvgIpc) is 2.35. The van der Waals surface area contributed by atoms with E-state index < -0.39 is 5.97 Å². The summed E-state index contributed by atoms with van der Waals surface area (Å²) < 4.78 is 5.91. The van der Waals surface area contributed by atoms with Gasteiger partial charge >= 0.3 is 5.97 Å². The van der Waals surface area contributed by atoms with Gasteiger partial charge < -0.3 is 9.84 Å². The van der Waals surface area contributed by atoms with Gasteiger partial charge in [-0.05, 0) is 44.7 Å². The molecule has 0 amide bonds. The Hall–Kier alpha value is -1.22. The van der Waals surface area contributed by atoms with Gasteiger partial charge in [0, 0.05) is 10.6 Å². The number of rotatable bonds is 3. The van der Waals surface area contributed by atoms with Crippen LogP contribution in [0.15, 0.2) is 12.1 Å². The van der Waals surface area contributed by atoms with Crippen molar-refractivity contribution < 1.29 is 14.6 Å². The summed E-state index contributed by atoms with van der Waals surface area (Å²) in [6.07, 6.45) is 5.88. The molecule has 0 unspecified atom stereocenters. The zero-order valence-electron chi connectivity index (χ0n) is 10.4. The van der Waals surface area contributed by atoms with E-state index in [1.165, 1.54) is 25.3 Å². The van der Waals surface area contributed by atoms with Crippen LogP contribution in [0.25, 0.3) is 0 Å². The Morgan fingerprint density at radius 3 is 2.61 bits per heavy atom. The van der Waals surface area contributed by atoms with Gasteiger partial charge in [0.2, 0.25) is 0 Å². The summed E-state index contributed by atoms with van der Waals surface area (Å²) >= 11 is 6.04. The number of halogens is 1. The molecule has 1 aliphatic carbocycles. The van der Waals surface area contributed by atoms with Crippen LogP contribution in [0, 0.1) is 6.92 Å². The first kappa shape index (κ1) is 13.2. The summed E-state index contributed by atoms with van der Waals surface area (Å²) in [6.45, 7) is 1.85. The second kappa shape index (κ2) is 5.61. The van der Waals surface area contributed by atoms with Crippen LogP contribution in [0.1, 0.15) is 48.0 Å². The molecule has 98 valence electrons. The fourth-order valence-corrected chi connectivity index (χ4v) is 2.47. The van der Waals surface area contributed by atoms with Gasteiger partial charge in [0.25, 0.3) is 0 Å². The smallest absolute Gasteiger partial charge is 0.335 e. The highest BCUT2D eigenvalue weighted by atomic mass is 35.5. The highest BCUT2D eigenvalue weighted by molar-refractivity contribution is 6.31. The van der Waals surface area contributed by atoms with Crippen LogP contribution in [0.4, 0.5) is 0 Å². The Labute approximate surface area is 112 Å². The molecule has 1 N–H and O–H groups in total. The first-order valence-corrected chi connectivity index (χ1v) is 6.66. The monoisotopic (exact) mass is 268 g/mol. The summed E-state index contributed by atoms with van der Waals surface area (Å²) in [6, 6.07) is 3.03.